The Labute approximate surface area is 114 Å². The summed E-state index contributed by atoms with van der Waals surface area (Å²) >= 11 is 1.72. The third-order valence-electron chi connectivity index (χ3n) is 3.11. The number of Topliss-reactive ketones (excluding diaryl/α,β-unsaturated/α-hetero) is 2. The van der Waals surface area contributed by atoms with Crippen LogP contribution < -0.4 is 0 Å². The maximum Gasteiger partial charge on any atom is 0.170 e. The Hall–Kier alpha value is -2.00. The van der Waals surface area contributed by atoms with Crippen LogP contribution in [0.4, 0.5) is 0 Å². The van der Waals surface area contributed by atoms with E-state index in [4.69, 9.17) is 0 Å². The SMILES string of the molecule is CC(=O)CC(=O)c1ccc2sc3ccccc3c2c1. The molecule has 0 spiro atoms. The number of hydrogen-bond donors (Lipinski definition) is 0. The minimum Gasteiger partial charge on any atom is -0.300 e. The second-order valence-corrected chi connectivity index (χ2v) is 5.69. The van der Waals surface area contributed by atoms with Crippen molar-refractivity contribution in [3.05, 3.63) is 48.0 Å². The maximum atomic E-state index is 11.9. The largest absolute Gasteiger partial charge is 0.300 e. The van der Waals surface area contributed by atoms with Crippen LogP contribution in [0.15, 0.2) is 42.5 Å². The van der Waals surface area contributed by atoms with E-state index in [2.05, 4.69) is 12.1 Å². The van der Waals surface area contributed by atoms with Gasteiger partial charge in [-0.05, 0) is 31.2 Å². The number of rotatable bonds is 3. The highest BCUT2D eigenvalue weighted by molar-refractivity contribution is 7.25. The van der Waals surface area contributed by atoms with Crippen LogP contribution in [0.1, 0.15) is 23.7 Å². The zero-order chi connectivity index (χ0) is 13.4. The summed E-state index contributed by atoms with van der Waals surface area (Å²) in [4.78, 5) is 23.0. The van der Waals surface area contributed by atoms with Crippen molar-refractivity contribution >= 4 is 43.1 Å². The van der Waals surface area contributed by atoms with Crippen LogP contribution in [-0.2, 0) is 4.79 Å². The molecule has 94 valence electrons. The van der Waals surface area contributed by atoms with Crippen molar-refractivity contribution in [3.8, 4) is 0 Å². The highest BCUT2D eigenvalue weighted by Gasteiger charge is 2.11. The van der Waals surface area contributed by atoms with Crippen LogP contribution in [-0.4, -0.2) is 11.6 Å². The highest BCUT2D eigenvalue weighted by Crippen LogP contribution is 2.34. The van der Waals surface area contributed by atoms with Gasteiger partial charge in [0.15, 0.2) is 5.78 Å². The van der Waals surface area contributed by atoms with Crippen molar-refractivity contribution in [3.63, 3.8) is 0 Å². The summed E-state index contributed by atoms with van der Waals surface area (Å²) in [5, 5.41) is 2.26. The van der Waals surface area contributed by atoms with E-state index in [0.717, 1.165) is 5.39 Å². The van der Waals surface area contributed by atoms with Crippen molar-refractivity contribution < 1.29 is 9.59 Å². The van der Waals surface area contributed by atoms with Crippen LogP contribution in [0.2, 0.25) is 0 Å². The lowest BCUT2D eigenvalue weighted by Gasteiger charge is -1.99. The Morgan fingerprint density at radius 3 is 2.53 bits per heavy atom. The smallest absolute Gasteiger partial charge is 0.170 e. The fourth-order valence-corrected chi connectivity index (χ4v) is 3.31. The summed E-state index contributed by atoms with van der Waals surface area (Å²) in [5.74, 6) is -0.204. The molecule has 0 aliphatic carbocycles. The van der Waals surface area contributed by atoms with E-state index in [9.17, 15) is 9.59 Å². The van der Waals surface area contributed by atoms with Gasteiger partial charge in [-0.25, -0.2) is 0 Å². The van der Waals surface area contributed by atoms with E-state index in [0.29, 0.717) is 5.56 Å². The van der Waals surface area contributed by atoms with Gasteiger partial charge in [0.2, 0.25) is 0 Å². The molecular weight excluding hydrogens is 256 g/mol. The molecule has 0 aliphatic rings. The van der Waals surface area contributed by atoms with Crippen molar-refractivity contribution in [2.45, 2.75) is 13.3 Å². The second-order valence-electron chi connectivity index (χ2n) is 4.61. The molecule has 1 heterocycles. The summed E-state index contributed by atoms with van der Waals surface area (Å²) in [7, 11) is 0. The zero-order valence-corrected chi connectivity index (χ0v) is 11.3. The molecule has 1 aromatic heterocycles. The fraction of sp³-hybridized carbons (Fsp3) is 0.125. The molecule has 0 amide bonds. The van der Waals surface area contributed by atoms with E-state index in [1.807, 2.05) is 30.3 Å². The van der Waals surface area contributed by atoms with Gasteiger partial charge in [0.25, 0.3) is 0 Å². The molecule has 0 saturated heterocycles. The summed E-state index contributed by atoms with van der Waals surface area (Å²) < 4.78 is 2.38. The lowest BCUT2D eigenvalue weighted by Crippen LogP contribution is -2.04. The third-order valence-corrected chi connectivity index (χ3v) is 4.26. The van der Waals surface area contributed by atoms with E-state index < -0.39 is 0 Å². The average molecular weight is 268 g/mol. The Morgan fingerprint density at radius 2 is 1.74 bits per heavy atom. The van der Waals surface area contributed by atoms with Gasteiger partial charge in [0.1, 0.15) is 5.78 Å². The first-order chi connectivity index (χ1) is 9.15. The molecular formula is C16H12O2S. The predicted octanol–water partition coefficient (Wildman–Crippen LogP) is 4.22. The zero-order valence-electron chi connectivity index (χ0n) is 10.5. The predicted molar refractivity (Wildman–Crippen MR) is 79.0 cm³/mol. The van der Waals surface area contributed by atoms with Crippen molar-refractivity contribution in [2.75, 3.05) is 0 Å². The van der Waals surface area contributed by atoms with Crippen LogP contribution in [0, 0.1) is 0 Å². The molecule has 19 heavy (non-hydrogen) atoms. The number of carbonyl (C=O) groups excluding carboxylic acids is 2. The van der Waals surface area contributed by atoms with Gasteiger partial charge in [-0.2, -0.15) is 0 Å². The first-order valence-corrected chi connectivity index (χ1v) is 6.91. The monoisotopic (exact) mass is 268 g/mol. The summed E-state index contributed by atoms with van der Waals surface area (Å²) in [6, 6.07) is 13.8. The fourth-order valence-electron chi connectivity index (χ4n) is 2.23. The Bertz CT molecular complexity index is 799. The minimum absolute atomic E-state index is 0.0203. The molecule has 0 unspecified atom stereocenters. The van der Waals surface area contributed by atoms with E-state index >= 15 is 0 Å². The van der Waals surface area contributed by atoms with Crippen LogP contribution in [0.3, 0.4) is 0 Å². The summed E-state index contributed by atoms with van der Waals surface area (Å²) in [6.07, 6.45) is -0.0203. The molecule has 0 fully saturated rings. The topological polar surface area (TPSA) is 34.1 Å². The molecule has 2 aromatic carbocycles. The lowest BCUT2D eigenvalue weighted by atomic mass is 10.0. The number of benzene rings is 2. The van der Waals surface area contributed by atoms with Crippen molar-refractivity contribution in [1.29, 1.82) is 0 Å². The summed E-state index contributed by atoms with van der Waals surface area (Å²) in [5.41, 5.74) is 0.617. The number of ketones is 2. The number of fused-ring (bicyclic) bond motifs is 3. The molecule has 0 radical (unpaired) electrons. The number of thiophene rings is 1. The van der Waals surface area contributed by atoms with E-state index in [1.54, 1.807) is 11.3 Å². The number of carbonyl (C=O) groups is 2. The molecule has 3 aromatic rings. The minimum atomic E-state index is -0.107. The van der Waals surface area contributed by atoms with Crippen LogP contribution in [0.25, 0.3) is 20.2 Å². The van der Waals surface area contributed by atoms with Crippen LogP contribution >= 0.6 is 11.3 Å². The lowest BCUT2D eigenvalue weighted by molar-refractivity contribution is -0.116. The molecule has 0 saturated carbocycles. The standard InChI is InChI=1S/C16H12O2S/c1-10(17)8-14(18)11-6-7-16-13(9-11)12-4-2-3-5-15(12)19-16/h2-7,9H,8H2,1H3. The Kier molecular flexibility index (Phi) is 2.91. The van der Waals surface area contributed by atoms with Gasteiger partial charge in [0.05, 0.1) is 6.42 Å². The molecule has 3 rings (SSSR count). The summed E-state index contributed by atoms with van der Waals surface area (Å²) in [6.45, 7) is 1.44. The Balaban J connectivity index is 2.16. The average Bonchev–Trinajstić information content (AvgIpc) is 2.75. The van der Waals surface area contributed by atoms with Gasteiger partial charge in [-0.1, -0.05) is 18.2 Å². The number of hydrogen-bond acceptors (Lipinski definition) is 3. The molecule has 0 bridgehead atoms. The van der Waals surface area contributed by atoms with Gasteiger partial charge in [0, 0.05) is 25.7 Å². The molecule has 3 heteroatoms. The van der Waals surface area contributed by atoms with Gasteiger partial charge >= 0.3 is 0 Å². The Morgan fingerprint density at radius 1 is 1.00 bits per heavy atom. The van der Waals surface area contributed by atoms with E-state index in [-0.39, 0.29) is 18.0 Å². The quantitative estimate of drug-likeness (QED) is 0.526. The molecule has 2 nitrogen and oxygen atoms in total. The van der Waals surface area contributed by atoms with Gasteiger partial charge < -0.3 is 0 Å². The van der Waals surface area contributed by atoms with Gasteiger partial charge in [-0.15, -0.1) is 11.3 Å². The first-order valence-electron chi connectivity index (χ1n) is 6.09. The van der Waals surface area contributed by atoms with Crippen molar-refractivity contribution in [1.82, 2.24) is 0 Å². The first kappa shape index (κ1) is 12.1. The molecule has 0 N–H and O–H groups in total. The maximum absolute atomic E-state index is 11.9. The van der Waals surface area contributed by atoms with E-state index in [1.165, 1.54) is 21.7 Å². The van der Waals surface area contributed by atoms with Gasteiger partial charge in [-0.3, -0.25) is 9.59 Å². The molecule has 0 atom stereocenters. The highest BCUT2D eigenvalue weighted by atomic mass is 32.1. The van der Waals surface area contributed by atoms with Crippen molar-refractivity contribution in [2.24, 2.45) is 0 Å². The second kappa shape index (κ2) is 4.59. The van der Waals surface area contributed by atoms with Crippen LogP contribution in [0.5, 0.6) is 0 Å². The molecule has 0 aliphatic heterocycles. The normalized spacial score (nSPS) is 11.0. The third kappa shape index (κ3) is 2.17.